The van der Waals surface area contributed by atoms with Crippen molar-refractivity contribution in [1.82, 2.24) is 4.90 Å². The summed E-state index contributed by atoms with van der Waals surface area (Å²) in [5.74, 6) is 0.580. The van der Waals surface area contributed by atoms with Crippen LogP contribution in [0.4, 0.5) is 0 Å². The minimum atomic E-state index is -0.343. The van der Waals surface area contributed by atoms with Gasteiger partial charge < -0.3 is 10.0 Å². The fourth-order valence-electron chi connectivity index (χ4n) is 4.99. The second-order valence-corrected chi connectivity index (χ2v) is 8.98. The summed E-state index contributed by atoms with van der Waals surface area (Å²) >= 11 is 6.10. The van der Waals surface area contributed by atoms with E-state index >= 15 is 0 Å². The molecule has 2 fully saturated rings. The van der Waals surface area contributed by atoms with Crippen molar-refractivity contribution in [2.24, 2.45) is 5.92 Å². The fourth-order valence-corrected chi connectivity index (χ4v) is 5.11. The Bertz CT molecular complexity index is 726. The molecule has 2 atom stereocenters. The SMILES string of the molecule is OC(C[C@H]1CCCN(CC2(c3ccc(Cl)cc3)CCC2)C1)c1ccccc1. The molecule has 3 heteroatoms. The van der Waals surface area contributed by atoms with Gasteiger partial charge >= 0.3 is 0 Å². The van der Waals surface area contributed by atoms with Crippen LogP contribution in [0.25, 0.3) is 0 Å². The molecule has 0 aromatic heterocycles. The molecule has 4 rings (SSSR count). The standard InChI is InChI=1S/C24H30ClNO/c25-22-11-9-21(10-12-22)24(13-5-14-24)18-26-15-4-6-19(17-26)16-23(27)20-7-2-1-3-8-20/h1-3,7-12,19,23,27H,4-6,13-18H2/t19-,23?/m1/s1. The molecular weight excluding hydrogens is 354 g/mol. The van der Waals surface area contributed by atoms with Crippen LogP contribution in [0.1, 0.15) is 55.8 Å². The zero-order valence-corrected chi connectivity index (χ0v) is 16.7. The maximum absolute atomic E-state index is 10.6. The summed E-state index contributed by atoms with van der Waals surface area (Å²) in [6.07, 6.45) is 6.88. The molecule has 144 valence electrons. The molecular formula is C24H30ClNO. The topological polar surface area (TPSA) is 23.5 Å². The quantitative estimate of drug-likeness (QED) is 0.702. The molecule has 1 N–H and O–H groups in total. The number of halogens is 1. The maximum atomic E-state index is 10.6. The van der Waals surface area contributed by atoms with Crippen molar-refractivity contribution in [1.29, 1.82) is 0 Å². The van der Waals surface area contributed by atoms with Crippen molar-refractivity contribution in [3.63, 3.8) is 0 Å². The van der Waals surface area contributed by atoms with E-state index in [4.69, 9.17) is 11.6 Å². The van der Waals surface area contributed by atoms with E-state index in [9.17, 15) is 5.11 Å². The number of hydrogen-bond donors (Lipinski definition) is 1. The largest absolute Gasteiger partial charge is 0.388 e. The van der Waals surface area contributed by atoms with E-state index in [1.54, 1.807) is 0 Å². The molecule has 2 aromatic carbocycles. The Balaban J connectivity index is 1.38. The lowest BCUT2D eigenvalue weighted by molar-refractivity contribution is 0.0714. The van der Waals surface area contributed by atoms with E-state index in [1.807, 2.05) is 42.5 Å². The molecule has 1 saturated heterocycles. The molecule has 2 nitrogen and oxygen atoms in total. The summed E-state index contributed by atoms with van der Waals surface area (Å²) in [6.45, 7) is 3.44. The van der Waals surface area contributed by atoms with Crippen LogP contribution in [0.2, 0.25) is 5.02 Å². The van der Waals surface area contributed by atoms with Crippen LogP contribution in [0, 0.1) is 5.92 Å². The van der Waals surface area contributed by atoms with Gasteiger partial charge in [-0.3, -0.25) is 0 Å². The molecule has 0 amide bonds. The van der Waals surface area contributed by atoms with Gasteiger partial charge in [-0.25, -0.2) is 0 Å². The molecule has 1 saturated carbocycles. The van der Waals surface area contributed by atoms with Gasteiger partial charge in [0.05, 0.1) is 6.10 Å². The summed E-state index contributed by atoms with van der Waals surface area (Å²) in [6, 6.07) is 18.6. The number of piperidine rings is 1. The molecule has 2 aromatic rings. The lowest BCUT2D eigenvalue weighted by Gasteiger charge is -2.47. The van der Waals surface area contributed by atoms with Crippen LogP contribution >= 0.6 is 11.6 Å². The minimum Gasteiger partial charge on any atom is -0.388 e. The molecule has 0 radical (unpaired) electrons. The van der Waals surface area contributed by atoms with Gasteiger partial charge in [0.25, 0.3) is 0 Å². The molecule has 0 spiro atoms. The number of nitrogens with zero attached hydrogens (tertiary/aromatic N) is 1. The highest BCUT2D eigenvalue weighted by Gasteiger charge is 2.40. The summed E-state index contributed by atoms with van der Waals surface area (Å²) in [7, 11) is 0. The highest BCUT2D eigenvalue weighted by Crippen LogP contribution is 2.45. The molecule has 1 unspecified atom stereocenters. The van der Waals surface area contributed by atoms with Crippen LogP contribution in [0.3, 0.4) is 0 Å². The van der Waals surface area contributed by atoms with Gasteiger partial charge in [-0.15, -0.1) is 0 Å². The predicted octanol–water partition coefficient (Wildman–Crippen LogP) is 5.60. The fraction of sp³-hybridized carbons (Fsp3) is 0.500. The first-order valence-corrected chi connectivity index (χ1v) is 10.7. The van der Waals surface area contributed by atoms with Gasteiger partial charge in [0.1, 0.15) is 0 Å². The van der Waals surface area contributed by atoms with Crippen molar-refractivity contribution >= 4 is 11.6 Å². The number of likely N-dealkylation sites (tertiary alicyclic amines) is 1. The molecule has 1 aliphatic carbocycles. The zero-order valence-electron chi connectivity index (χ0n) is 16.0. The highest BCUT2D eigenvalue weighted by atomic mass is 35.5. The minimum absolute atomic E-state index is 0.310. The van der Waals surface area contributed by atoms with Gasteiger partial charge in [0, 0.05) is 23.5 Å². The molecule has 2 aliphatic rings. The first-order chi connectivity index (χ1) is 13.1. The third-order valence-electron chi connectivity index (χ3n) is 6.64. The monoisotopic (exact) mass is 383 g/mol. The smallest absolute Gasteiger partial charge is 0.0793 e. The Morgan fingerprint density at radius 2 is 1.78 bits per heavy atom. The number of hydrogen-bond acceptors (Lipinski definition) is 2. The van der Waals surface area contributed by atoms with Crippen molar-refractivity contribution in [3.05, 3.63) is 70.7 Å². The van der Waals surface area contributed by atoms with E-state index in [0.29, 0.717) is 11.3 Å². The van der Waals surface area contributed by atoms with Gasteiger partial charge in [-0.2, -0.15) is 0 Å². The maximum Gasteiger partial charge on any atom is 0.0793 e. The van der Waals surface area contributed by atoms with Crippen molar-refractivity contribution in [3.8, 4) is 0 Å². The van der Waals surface area contributed by atoms with Crippen molar-refractivity contribution in [2.75, 3.05) is 19.6 Å². The first-order valence-electron chi connectivity index (χ1n) is 10.4. The predicted molar refractivity (Wildman–Crippen MR) is 112 cm³/mol. The van der Waals surface area contributed by atoms with Crippen LogP contribution < -0.4 is 0 Å². The lowest BCUT2D eigenvalue weighted by atomic mass is 9.64. The third-order valence-corrected chi connectivity index (χ3v) is 6.89. The Labute approximate surface area is 168 Å². The summed E-state index contributed by atoms with van der Waals surface area (Å²) in [4.78, 5) is 2.65. The van der Waals surface area contributed by atoms with Gasteiger partial charge in [-0.05, 0) is 67.8 Å². The Morgan fingerprint density at radius 1 is 1.04 bits per heavy atom. The normalized spacial score (nSPS) is 23.6. The second kappa shape index (κ2) is 8.34. The Hall–Kier alpha value is -1.35. The molecule has 1 aliphatic heterocycles. The van der Waals surface area contributed by atoms with E-state index in [0.717, 1.165) is 30.1 Å². The van der Waals surface area contributed by atoms with Gasteiger partial charge in [0.15, 0.2) is 0 Å². The Kier molecular flexibility index (Phi) is 5.87. The first kappa shape index (κ1) is 19.0. The van der Waals surface area contributed by atoms with Crippen LogP contribution in [-0.4, -0.2) is 29.6 Å². The molecule has 0 bridgehead atoms. The van der Waals surface area contributed by atoms with E-state index in [1.165, 1.54) is 44.2 Å². The van der Waals surface area contributed by atoms with Crippen molar-refractivity contribution in [2.45, 2.75) is 50.0 Å². The summed E-state index contributed by atoms with van der Waals surface area (Å²) in [5, 5.41) is 11.4. The third kappa shape index (κ3) is 4.39. The second-order valence-electron chi connectivity index (χ2n) is 8.55. The van der Waals surface area contributed by atoms with Crippen LogP contribution in [0.5, 0.6) is 0 Å². The average Bonchev–Trinajstić information content (AvgIpc) is 2.66. The van der Waals surface area contributed by atoms with Gasteiger partial charge in [-0.1, -0.05) is 60.5 Å². The lowest BCUT2D eigenvalue weighted by Crippen LogP contribution is -2.48. The number of rotatable bonds is 6. The average molecular weight is 384 g/mol. The molecule has 27 heavy (non-hydrogen) atoms. The summed E-state index contributed by atoms with van der Waals surface area (Å²) in [5.41, 5.74) is 2.81. The van der Waals surface area contributed by atoms with Crippen LogP contribution in [0.15, 0.2) is 54.6 Å². The van der Waals surface area contributed by atoms with Gasteiger partial charge in [0.2, 0.25) is 0 Å². The van der Waals surface area contributed by atoms with E-state index < -0.39 is 0 Å². The highest BCUT2D eigenvalue weighted by molar-refractivity contribution is 6.30. The van der Waals surface area contributed by atoms with Crippen LogP contribution in [-0.2, 0) is 5.41 Å². The zero-order chi connectivity index (χ0) is 18.7. The van der Waals surface area contributed by atoms with Crippen molar-refractivity contribution < 1.29 is 5.11 Å². The number of aliphatic hydroxyl groups excluding tert-OH is 1. The van der Waals surface area contributed by atoms with E-state index in [-0.39, 0.29) is 6.10 Å². The number of benzene rings is 2. The number of aliphatic hydroxyl groups is 1. The van der Waals surface area contributed by atoms with E-state index in [2.05, 4.69) is 17.0 Å². The summed E-state index contributed by atoms with van der Waals surface area (Å²) < 4.78 is 0. The Morgan fingerprint density at radius 3 is 2.44 bits per heavy atom. The molecule has 1 heterocycles.